The minimum atomic E-state index is 0.423. The van der Waals surface area contributed by atoms with E-state index in [1.807, 2.05) is 35.3 Å². The zero-order valence-corrected chi connectivity index (χ0v) is 12.4. The van der Waals surface area contributed by atoms with Gasteiger partial charge in [0.1, 0.15) is 3.41 Å². The summed E-state index contributed by atoms with van der Waals surface area (Å²) >= 11 is 6.02. The van der Waals surface area contributed by atoms with Crippen molar-refractivity contribution in [2.45, 2.75) is 48.9 Å². The Bertz CT molecular complexity index is 113. The Hall–Kier alpha value is 1.05. The Labute approximate surface area is 103 Å². The van der Waals surface area contributed by atoms with Gasteiger partial charge in [0.2, 0.25) is 0 Å². The standard InChI is InChI=1S/C11H24S3/c1-5-6-7-8-9-10-11(12-2,13-3)14-4/h5-10H2,1-4H3. The molecule has 14 heavy (non-hydrogen) atoms. The zero-order valence-electron chi connectivity index (χ0n) is 9.97. The van der Waals surface area contributed by atoms with Crippen molar-refractivity contribution in [3.63, 3.8) is 0 Å². The Morgan fingerprint density at radius 2 is 1.29 bits per heavy atom. The average Bonchev–Trinajstić information content (AvgIpc) is 2.24. The first-order valence-corrected chi connectivity index (χ1v) is 9.07. The van der Waals surface area contributed by atoms with Gasteiger partial charge in [0, 0.05) is 0 Å². The summed E-state index contributed by atoms with van der Waals surface area (Å²) in [6, 6.07) is 0. The van der Waals surface area contributed by atoms with E-state index in [4.69, 9.17) is 0 Å². The van der Waals surface area contributed by atoms with E-state index in [0.29, 0.717) is 3.41 Å². The smallest absolute Gasteiger partial charge is 0.106 e. The van der Waals surface area contributed by atoms with Crippen molar-refractivity contribution in [1.82, 2.24) is 0 Å². The van der Waals surface area contributed by atoms with Crippen molar-refractivity contribution in [3.05, 3.63) is 0 Å². The molecule has 0 amide bonds. The number of unbranched alkanes of at least 4 members (excludes halogenated alkanes) is 4. The van der Waals surface area contributed by atoms with Crippen LogP contribution in [0, 0.1) is 0 Å². The van der Waals surface area contributed by atoms with Gasteiger partial charge in [-0.1, -0.05) is 39.0 Å². The van der Waals surface area contributed by atoms with E-state index in [0.717, 1.165) is 0 Å². The molecule has 0 atom stereocenters. The van der Waals surface area contributed by atoms with Crippen LogP contribution in [0.3, 0.4) is 0 Å². The van der Waals surface area contributed by atoms with Gasteiger partial charge in [-0.05, 0) is 25.2 Å². The van der Waals surface area contributed by atoms with E-state index in [-0.39, 0.29) is 0 Å². The van der Waals surface area contributed by atoms with Crippen LogP contribution in [0.15, 0.2) is 0 Å². The Morgan fingerprint density at radius 1 is 0.786 bits per heavy atom. The van der Waals surface area contributed by atoms with Crippen LogP contribution < -0.4 is 0 Å². The van der Waals surface area contributed by atoms with E-state index in [1.54, 1.807) is 0 Å². The Balaban J connectivity index is 3.61. The van der Waals surface area contributed by atoms with Crippen LogP contribution in [0.4, 0.5) is 0 Å². The minimum absolute atomic E-state index is 0.423. The summed E-state index contributed by atoms with van der Waals surface area (Å²) < 4.78 is 0.423. The van der Waals surface area contributed by atoms with Gasteiger partial charge in [0.05, 0.1) is 0 Å². The van der Waals surface area contributed by atoms with Crippen LogP contribution in [-0.2, 0) is 0 Å². The predicted octanol–water partition coefficient (Wildman–Crippen LogP) is 5.09. The third-order valence-corrected chi connectivity index (χ3v) is 8.00. The molecule has 3 heteroatoms. The van der Waals surface area contributed by atoms with Gasteiger partial charge < -0.3 is 0 Å². The number of thioether (sulfide) groups is 3. The third kappa shape index (κ3) is 5.82. The summed E-state index contributed by atoms with van der Waals surface area (Å²) in [7, 11) is 0. The van der Waals surface area contributed by atoms with Gasteiger partial charge >= 0.3 is 0 Å². The summed E-state index contributed by atoms with van der Waals surface area (Å²) in [4.78, 5) is 0. The van der Waals surface area contributed by atoms with Crippen molar-refractivity contribution in [2.75, 3.05) is 18.8 Å². The van der Waals surface area contributed by atoms with Gasteiger partial charge in [0.25, 0.3) is 0 Å². The van der Waals surface area contributed by atoms with Crippen LogP contribution in [0.1, 0.15) is 45.4 Å². The molecule has 0 saturated heterocycles. The molecule has 86 valence electrons. The molecule has 0 aromatic heterocycles. The fraction of sp³-hybridized carbons (Fsp3) is 1.00. The van der Waals surface area contributed by atoms with E-state index < -0.39 is 0 Å². The van der Waals surface area contributed by atoms with Crippen LogP contribution in [0.5, 0.6) is 0 Å². The van der Waals surface area contributed by atoms with Gasteiger partial charge in [0.15, 0.2) is 0 Å². The molecule has 0 spiro atoms. The molecule has 0 aliphatic heterocycles. The fourth-order valence-electron chi connectivity index (χ4n) is 1.50. The highest BCUT2D eigenvalue weighted by Gasteiger charge is 2.25. The minimum Gasteiger partial charge on any atom is -0.137 e. The molecule has 0 aromatic carbocycles. The quantitative estimate of drug-likeness (QED) is 0.414. The Morgan fingerprint density at radius 3 is 1.71 bits per heavy atom. The molecule has 0 radical (unpaired) electrons. The average molecular weight is 253 g/mol. The maximum Gasteiger partial charge on any atom is 0.106 e. The molecule has 0 nitrogen and oxygen atoms in total. The molecule has 0 fully saturated rings. The third-order valence-electron chi connectivity index (χ3n) is 2.52. The molecule has 0 aliphatic rings. The van der Waals surface area contributed by atoms with E-state index >= 15 is 0 Å². The first-order valence-electron chi connectivity index (χ1n) is 5.40. The van der Waals surface area contributed by atoms with Crippen LogP contribution >= 0.6 is 35.3 Å². The van der Waals surface area contributed by atoms with Crippen LogP contribution in [0.2, 0.25) is 0 Å². The summed E-state index contributed by atoms with van der Waals surface area (Å²) in [5.41, 5.74) is 0. The first kappa shape index (κ1) is 15.0. The molecule has 0 saturated carbocycles. The van der Waals surface area contributed by atoms with E-state index in [9.17, 15) is 0 Å². The van der Waals surface area contributed by atoms with Crippen molar-refractivity contribution in [3.8, 4) is 0 Å². The van der Waals surface area contributed by atoms with Gasteiger partial charge in [-0.3, -0.25) is 0 Å². The highest BCUT2D eigenvalue weighted by molar-refractivity contribution is 8.33. The second kappa shape index (κ2) is 9.29. The van der Waals surface area contributed by atoms with E-state index in [2.05, 4.69) is 25.7 Å². The van der Waals surface area contributed by atoms with Crippen LogP contribution in [0.25, 0.3) is 0 Å². The summed E-state index contributed by atoms with van der Waals surface area (Å²) in [5, 5.41) is 0. The number of rotatable bonds is 9. The van der Waals surface area contributed by atoms with Crippen molar-refractivity contribution in [1.29, 1.82) is 0 Å². The lowest BCUT2D eigenvalue weighted by Crippen LogP contribution is -2.13. The summed E-state index contributed by atoms with van der Waals surface area (Å²) in [6.45, 7) is 2.27. The molecule has 0 aliphatic carbocycles. The van der Waals surface area contributed by atoms with Crippen molar-refractivity contribution < 1.29 is 0 Å². The molecular weight excluding hydrogens is 228 g/mol. The SMILES string of the molecule is CCCCCCCC(SC)(SC)SC. The molecule has 0 aromatic rings. The monoisotopic (exact) mass is 252 g/mol. The summed E-state index contributed by atoms with van der Waals surface area (Å²) in [6.07, 6.45) is 15.0. The number of hydrogen-bond donors (Lipinski definition) is 0. The largest absolute Gasteiger partial charge is 0.137 e. The summed E-state index contributed by atoms with van der Waals surface area (Å²) in [5.74, 6) is 0. The number of hydrogen-bond acceptors (Lipinski definition) is 3. The lowest BCUT2D eigenvalue weighted by Gasteiger charge is -2.27. The Kier molecular flexibility index (Phi) is 9.99. The molecule has 0 bridgehead atoms. The zero-order chi connectivity index (χ0) is 10.9. The lowest BCUT2D eigenvalue weighted by molar-refractivity contribution is 0.617. The fourth-order valence-corrected chi connectivity index (χ4v) is 4.55. The van der Waals surface area contributed by atoms with Gasteiger partial charge in [-0.25, -0.2) is 0 Å². The van der Waals surface area contributed by atoms with Crippen molar-refractivity contribution >= 4 is 35.3 Å². The second-order valence-corrected chi connectivity index (χ2v) is 7.55. The molecule has 0 unspecified atom stereocenters. The topological polar surface area (TPSA) is 0 Å². The second-order valence-electron chi connectivity index (χ2n) is 3.46. The lowest BCUT2D eigenvalue weighted by atomic mass is 10.1. The molecule has 0 rings (SSSR count). The molecule has 0 heterocycles. The molecule has 0 N–H and O–H groups in total. The van der Waals surface area contributed by atoms with E-state index in [1.165, 1.54) is 38.5 Å². The predicted molar refractivity (Wildman–Crippen MR) is 76.7 cm³/mol. The van der Waals surface area contributed by atoms with Crippen molar-refractivity contribution in [2.24, 2.45) is 0 Å². The van der Waals surface area contributed by atoms with Gasteiger partial charge in [-0.15, -0.1) is 35.3 Å². The molecular formula is C11H24S3. The highest BCUT2D eigenvalue weighted by Crippen LogP contribution is 2.46. The van der Waals surface area contributed by atoms with Crippen LogP contribution in [-0.4, -0.2) is 22.2 Å². The van der Waals surface area contributed by atoms with Gasteiger partial charge in [-0.2, -0.15) is 0 Å². The first-order chi connectivity index (χ1) is 6.74. The highest BCUT2D eigenvalue weighted by atomic mass is 32.3. The maximum atomic E-state index is 2.27. The normalized spacial score (nSPS) is 12.0. The maximum absolute atomic E-state index is 2.27.